The molecule has 1 aromatic carbocycles. The highest BCUT2D eigenvalue weighted by Gasteiger charge is 2.16. The maximum atomic E-state index is 11.7. The molecule has 20 heavy (non-hydrogen) atoms. The lowest BCUT2D eigenvalue weighted by Gasteiger charge is -2.18. The standard InChI is InChI=1S/C15H24N2O3/c1-5-17-15(18)11(3)20-14-9-13(19-4)7-6-12(14)8-10(2)16/h6-7,9-11H,5,8,16H2,1-4H3,(H,17,18). The number of ether oxygens (including phenoxy) is 2. The number of carbonyl (C=O) groups excluding carboxylic acids is 1. The molecule has 1 rings (SSSR count). The molecule has 0 aliphatic rings. The molecule has 0 saturated carbocycles. The van der Waals surface area contributed by atoms with E-state index in [1.54, 1.807) is 20.1 Å². The van der Waals surface area contributed by atoms with Crippen molar-refractivity contribution in [3.63, 3.8) is 0 Å². The first-order chi connectivity index (χ1) is 9.47. The number of nitrogens with two attached hydrogens (primary N) is 1. The molecule has 0 radical (unpaired) electrons. The summed E-state index contributed by atoms with van der Waals surface area (Å²) in [4.78, 5) is 11.7. The predicted molar refractivity (Wildman–Crippen MR) is 79.1 cm³/mol. The average Bonchev–Trinajstić information content (AvgIpc) is 2.40. The Morgan fingerprint density at radius 1 is 1.40 bits per heavy atom. The molecule has 2 atom stereocenters. The number of hydrogen-bond donors (Lipinski definition) is 2. The minimum absolute atomic E-state index is 0.0190. The molecular formula is C15H24N2O3. The van der Waals surface area contributed by atoms with Crippen LogP contribution in [0.3, 0.4) is 0 Å². The van der Waals surface area contributed by atoms with Gasteiger partial charge in [-0.2, -0.15) is 0 Å². The van der Waals surface area contributed by atoms with E-state index in [0.717, 1.165) is 5.56 Å². The lowest BCUT2D eigenvalue weighted by molar-refractivity contribution is -0.127. The Hall–Kier alpha value is -1.75. The van der Waals surface area contributed by atoms with Crippen molar-refractivity contribution in [3.8, 4) is 11.5 Å². The molecule has 1 amide bonds. The minimum Gasteiger partial charge on any atom is -0.497 e. The van der Waals surface area contributed by atoms with Crippen LogP contribution in [0.1, 0.15) is 26.3 Å². The second-order valence-electron chi connectivity index (χ2n) is 4.81. The Kier molecular flexibility index (Phi) is 6.31. The molecule has 0 saturated heterocycles. The zero-order valence-electron chi connectivity index (χ0n) is 12.6. The average molecular weight is 280 g/mol. The zero-order valence-corrected chi connectivity index (χ0v) is 12.6. The summed E-state index contributed by atoms with van der Waals surface area (Å²) < 4.78 is 10.9. The molecule has 0 aliphatic heterocycles. The number of methoxy groups -OCH3 is 1. The van der Waals surface area contributed by atoms with Gasteiger partial charge in [-0.05, 0) is 38.8 Å². The van der Waals surface area contributed by atoms with Gasteiger partial charge in [0.1, 0.15) is 11.5 Å². The normalized spacial score (nSPS) is 13.4. The summed E-state index contributed by atoms with van der Waals surface area (Å²) in [6, 6.07) is 5.59. The maximum Gasteiger partial charge on any atom is 0.260 e. The molecule has 112 valence electrons. The zero-order chi connectivity index (χ0) is 15.1. The van der Waals surface area contributed by atoms with Crippen molar-refractivity contribution >= 4 is 5.91 Å². The second-order valence-corrected chi connectivity index (χ2v) is 4.81. The fraction of sp³-hybridized carbons (Fsp3) is 0.533. The van der Waals surface area contributed by atoms with Gasteiger partial charge in [-0.25, -0.2) is 0 Å². The summed E-state index contributed by atoms with van der Waals surface area (Å²) in [5.41, 5.74) is 6.81. The van der Waals surface area contributed by atoms with Crippen molar-refractivity contribution in [2.45, 2.75) is 39.3 Å². The third-order valence-corrected chi connectivity index (χ3v) is 2.84. The molecule has 0 spiro atoms. The lowest BCUT2D eigenvalue weighted by atomic mass is 10.1. The number of amides is 1. The molecule has 0 aliphatic carbocycles. The molecule has 5 heteroatoms. The number of hydrogen-bond acceptors (Lipinski definition) is 4. The highest BCUT2D eigenvalue weighted by atomic mass is 16.5. The molecule has 1 aromatic rings. The van der Waals surface area contributed by atoms with Crippen LogP contribution < -0.4 is 20.5 Å². The summed E-state index contributed by atoms with van der Waals surface area (Å²) in [6.07, 6.45) is 0.121. The van der Waals surface area contributed by atoms with E-state index in [4.69, 9.17) is 15.2 Å². The van der Waals surface area contributed by atoms with E-state index in [0.29, 0.717) is 24.5 Å². The third kappa shape index (κ3) is 4.74. The predicted octanol–water partition coefficient (Wildman–Crippen LogP) is 1.49. The van der Waals surface area contributed by atoms with Gasteiger partial charge in [0.15, 0.2) is 6.10 Å². The Morgan fingerprint density at radius 2 is 2.10 bits per heavy atom. The summed E-state index contributed by atoms with van der Waals surface area (Å²) >= 11 is 0. The molecule has 0 bridgehead atoms. The Bertz CT molecular complexity index is 447. The van der Waals surface area contributed by atoms with Gasteiger partial charge >= 0.3 is 0 Å². The number of nitrogens with one attached hydrogen (secondary N) is 1. The van der Waals surface area contributed by atoms with E-state index in [9.17, 15) is 4.79 Å². The quantitative estimate of drug-likeness (QED) is 0.793. The van der Waals surface area contributed by atoms with Gasteiger partial charge < -0.3 is 20.5 Å². The van der Waals surface area contributed by atoms with Crippen LogP contribution >= 0.6 is 0 Å². The maximum absolute atomic E-state index is 11.7. The minimum atomic E-state index is -0.561. The van der Waals surface area contributed by atoms with Crippen LogP contribution in [-0.4, -0.2) is 31.7 Å². The van der Waals surface area contributed by atoms with E-state index in [2.05, 4.69) is 5.32 Å². The monoisotopic (exact) mass is 280 g/mol. The fourth-order valence-corrected chi connectivity index (χ4v) is 1.85. The Balaban J connectivity index is 2.91. The van der Waals surface area contributed by atoms with Gasteiger partial charge in [-0.1, -0.05) is 6.07 Å². The van der Waals surface area contributed by atoms with Gasteiger partial charge in [0, 0.05) is 18.7 Å². The number of rotatable bonds is 7. The van der Waals surface area contributed by atoms with Crippen LogP contribution in [0.2, 0.25) is 0 Å². The van der Waals surface area contributed by atoms with Crippen LogP contribution in [-0.2, 0) is 11.2 Å². The first-order valence-electron chi connectivity index (χ1n) is 6.84. The summed E-state index contributed by atoms with van der Waals surface area (Å²) in [5.74, 6) is 1.19. The highest BCUT2D eigenvalue weighted by Crippen LogP contribution is 2.26. The summed E-state index contributed by atoms with van der Waals surface area (Å²) in [5, 5.41) is 2.73. The van der Waals surface area contributed by atoms with Crippen LogP contribution in [0, 0.1) is 0 Å². The smallest absolute Gasteiger partial charge is 0.260 e. The SMILES string of the molecule is CCNC(=O)C(C)Oc1cc(OC)ccc1CC(C)N. The summed E-state index contributed by atoms with van der Waals surface area (Å²) in [6.45, 7) is 6.11. The van der Waals surface area contributed by atoms with E-state index in [-0.39, 0.29) is 11.9 Å². The Morgan fingerprint density at radius 3 is 2.65 bits per heavy atom. The molecule has 0 aromatic heterocycles. The number of likely N-dealkylation sites (N-methyl/N-ethyl adjacent to an activating group) is 1. The van der Waals surface area contributed by atoms with Crippen LogP contribution in [0.4, 0.5) is 0 Å². The molecule has 0 fully saturated rings. The van der Waals surface area contributed by atoms with Crippen LogP contribution in [0.15, 0.2) is 18.2 Å². The van der Waals surface area contributed by atoms with Crippen molar-refractivity contribution in [2.75, 3.05) is 13.7 Å². The van der Waals surface area contributed by atoms with Crippen molar-refractivity contribution < 1.29 is 14.3 Å². The largest absolute Gasteiger partial charge is 0.497 e. The summed E-state index contributed by atoms with van der Waals surface area (Å²) in [7, 11) is 1.59. The van der Waals surface area contributed by atoms with Crippen LogP contribution in [0.25, 0.3) is 0 Å². The van der Waals surface area contributed by atoms with Crippen LogP contribution in [0.5, 0.6) is 11.5 Å². The van der Waals surface area contributed by atoms with Gasteiger partial charge in [-0.3, -0.25) is 4.79 Å². The van der Waals surface area contributed by atoms with Crippen molar-refractivity contribution in [1.29, 1.82) is 0 Å². The molecule has 3 N–H and O–H groups in total. The van der Waals surface area contributed by atoms with Gasteiger partial charge in [0.05, 0.1) is 7.11 Å². The molecular weight excluding hydrogens is 256 g/mol. The van der Waals surface area contributed by atoms with E-state index in [1.807, 2.05) is 26.0 Å². The second kappa shape index (κ2) is 7.75. The van der Waals surface area contributed by atoms with Gasteiger partial charge in [0.2, 0.25) is 0 Å². The fourth-order valence-electron chi connectivity index (χ4n) is 1.85. The van der Waals surface area contributed by atoms with E-state index in [1.165, 1.54) is 0 Å². The Labute approximate surface area is 120 Å². The number of carbonyl (C=O) groups is 1. The van der Waals surface area contributed by atoms with Crippen molar-refractivity contribution in [3.05, 3.63) is 23.8 Å². The van der Waals surface area contributed by atoms with Crippen molar-refractivity contribution in [1.82, 2.24) is 5.32 Å². The van der Waals surface area contributed by atoms with Gasteiger partial charge in [-0.15, -0.1) is 0 Å². The molecule has 2 unspecified atom stereocenters. The van der Waals surface area contributed by atoms with Gasteiger partial charge in [0.25, 0.3) is 5.91 Å². The molecule has 0 heterocycles. The lowest BCUT2D eigenvalue weighted by Crippen LogP contribution is -2.36. The van der Waals surface area contributed by atoms with E-state index >= 15 is 0 Å². The third-order valence-electron chi connectivity index (χ3n) is 2.84. The van der Waals surface area contributed by atoms with E-state index < -0.39 is 6.10 Å². The first-order valence-corrected chi connectivity index (χ1v) is 6.84. The first kappa shape index (κ1) is 16.3. The topological polar surface area (TPSA) is 73.6 Å². The molecule has 5 nitrogen and oxygen atoms in total. The van der Waals surface area contributed by atoms with Crippen molar-refractivity contribution in [2.24, 2.45) is 5.73 Å². The highest BCUT2D eigenvalue weighted by molar-refractivity contribution is 5.80. The number of benzene rings is 1.